The average Bonchev–Trinajstić information content (AvgIpc) is 2.64. The molecule has 0 saturated heterocycles. The Balaban J connectivity index is 2.35. The van der Waals surface area contributed by atoms with Crippen LogP contribution in [0.5, 0.6) is 0 Å². The molecule has 0 spiro atoms. The number of likely N-dealkylation sites (N-methyl/N-ethyl adjacent to an activating group) is 1. The third-order valence-corrected chi connectivity index (χ3v) is 3.53. The van der Waals surface area contributed by atoms with Crippen LogP contribution in [0.2, 0.25) is 0 Å². The van der Waals surface area contributed by atoms with E-state index in [-0.39, 0.29) is 12.5 Å². The molecular weight excluding hydrogens is 318 g/mol. The Hall–Kier alpha value is -2.15. The minimum Gasteiger partial charge on any atom is -0.382 e. The van der Waals surface area contributed by atoms with Gasteiger partial charge in [-0.25, -0.2) is 4.99 Å². The molecule has 1 aromatic heterocycles. The lowest BCUT2D eigenvalue weighted by molar-refractivity contribution is -0.128. The first-order valence-corrected chi connectivity index (χ1v) is 8.91. The molecule has 1 heterocycles. The van der Waals surface area contributed by atoms with Crippen LogP contribution in [-0.2, 0) is 16.0 Å². The molecule has 2 N–H and O–H groups in total. The summed E-state index contributed by atoms with van der Waals surface area (Å²) >= 11 is 0. The lowest BCUT2D eigenvalue weighted by Gasteiger charge is -2.16. The summed E-state index contributed by atoms with van der Waals surface area (Å²) < 4.78 is 5.30. The quantitative estimate of drug-likeness (QED) is 0.355. The van der Waals surface area contributed by atoms with Gasteiger partial charge in [0.2, 0.25) is 5.91 Å². The van der Waals surface area contributed by atoms with Crippen molar-refractivity contribution in [3.63, 3.8) is 0 Å². The molecule has 0 aliphatic heterocycles. The van der Waals surface area contributed by atoms with Crippen LogP contribution in [0.15, 0.2) is 29.4 Å². The number of guanidine groups is 1. The van der Waals surface area contributed by atoms with E-state index in [9.17, 15) is 4.79 Å². The second kappa shape index (κ2) is 13.2. The van der Waals surface area contributed by atoms with Crippen LogP contribution in [0.25, 0.3) is 0 Å². The molecule has 0 bridgehead atoms. The number of hydrogen-bond acceptors (Lipinski definition) is 4. The number of pyridine rings is 1. The zero-order valence-corrected chi connectivity index (χ0v) is 15.6. The summed E-state index contributed by atoms with van der Waals surface area (Å²) in [6.45, 7) is 7.69. The van der Waals surface area contributed by atoms with E-state index in [0.29, 0.717) is 12.5 Å². The lowest BCUT2D eigenvalue weighted by Crippen LogP contribution is -2.39. The van der Waals surface area contributed by atoms with Gasteiger partial charge < -0.3 is 20.3 Å². The number of rotatable bonds is 11. The second-order valence-electron chi connectivity index (χ2n) is 5.56. The number of amides is 1. The van der Waals surface area contributed by atoms with Gasteiger partial charge in [0.05, 0.1) is 0 Å². The highest BCUT2D eigenvalue weighted by Gasteiger charge is 2.09. The number of ether oxygens (including phenoxy) is 1. The van der Waals surface area contributed by atoms with Crippen molar-refractivity contribution >= 4 is 11.9 Å². The third-order valence-electron chi connectivity index (χ3n) is 3.53. The first-order valence-electron chi connectivity index (χ1n) is 8.91. The van der Waals surface area contributed by atoms with Gasteiger partial charge in [0.25, 0.3) is 0 Å². The SMILES string of the molecule is CCNC(=NCC(=O)N(C)CCc1ccccn1)NCCCOCC. The van der Waals surface area contributed by atoms with E-state index in [1.54, 1.807) is 18.1 Å². The summed E-state index contributed by atoms with van der Waals surface area (Å²) in [6, 6.07) is 5.80. The van der Waals surface area contributed by atoms with Crippen molar-refractivity contribution < 1.29 is 9.53 Å². The van der Waals surface area contributed by atoms with E-state index in [1.165, 1.54) is 0 Å². The molecule has 1 amide bonds. The van der Waals surface area contributed by atoms with Crippen LogP contribution in [0.3, 0.4) is 0 Å². The summed E-state index contributed by atoms with van der Waals surface area (Å²) in [5.74, 6) is 0.646. The van der Waals surface area contributed by atoms with E-state index < -0.39 is 0 Å². The van der Waals surface area contributed by atoms with Crippen molar-refractivity contribution in [3.05, 3.63) is 30.1 Å². The highest BCUT2D eigenvalue weighted by molar-refractivity contribution is 5.84. The Bertz CT molecular complexity index is 507. The van der Waals surface area contributed by atoms with Crippen molar-refractivity contribution in [2.24, 2.45) is 4.99 Å². The van der Waals surface area contributed by atoms with Gasteiger partial charge in [-0.3, -0.25) is 9.78 Å². The van der Waals surface area contributed by atoms with Gasteiger partial charge in [-0.15, -0.1) is 0 Å². The Kier molecular flexibility index (Phi) is 11.0. The van der Waals surface area contributed by atoms with Crippen LogP contribution in [0.1, 0.15) is 26.0 Å². The van der Waals surface area contributed by atoms with Crippen molar-refractivity contribution in [3.8, 4) is 0 Å². The maximum absolute atomic E-state index is 12.2. The predicted molar refractivity (Wildman–Crippen MR) is 101 cm³/mol. The molecule has 0 radical (unpaired) electrons. The molecule has 7 nitrogen and oxygen atoms in total. The third kappa shape index (κ3) is 9.66. The Morgan fingerprint density at radius 2 is 2.16 bits per heavy atom. The van der Waals surface area contributed by atoms with E-state index in [0.717, 1.165) is 44.8 Å². The van der Waals surface area contributed by atoms with Crippen LogP contribution in [0.4, 0.5) is 0 Å². The smallest absolute Gasteiger partial charge is 0.244 e. The minimum atomic E-state index is -0.0116. The normalized spacial score (nSPS) is 11.2. The van der Waals surface area contributed by atoms with Crippen molar-refractivity contribution in [1.29, 1.82) is 0 Å². The predicted octanol–water partition coefficient (Wildman–Crippen LogP) is 1.06. The number of aliphatic imine (C=N–C) groups is 1. The fourth-order valence-electron chi connectivity index (χ4n) is 2.09. The summed E-state index contributed by atoms with van der Waals surface area (Å²) in [5, 5.41) is 6.35. The van der Waals surface area contributed by atoms with Crippen molar-refractivity contribution in [1.82, 2.24) is 20.5 Å². The molecule has 25 heavy (non-hydrogen) atoms. The molecule has 1 aromatic rings. The van der Waals surface area contributed by atoms with Gasteiger partial charge in [0, 0.05) is 58.2 Å². The van der Waals surface area contributed by atoms with Gasteiger partial charge in [-0.2, -0.15) is 0 Å². The molecule has 0 aliphatic rings. The molecular formula is C18H31N5O2. The molecule has 7 heteroatoms. The monoisotopic (exact) mass is 349 g/mol. The summed E-state index contributed by atoms with van der Waals surface area (Å²) in [4.78, 5) is 22.5. The molecule has 0 fully saturated rings. The maximum Gasteiger partial charge on any atom is 0.244 e. The highest BCUT2D eigenvalue weighted by Crippen LogP contribution is 1.97. The molecule has 140 valence electrons. The minimum absolute atomic E-state index is 0.0116. The summed E-state index contributed by atoms with van der Waals surface area (Å²) in [6.07, 6.45) is 3.40. The van der Waals surface area contributed by atoms with Crippen LogP contribution >= 0.6 is 0 Å². The number of carbonyl (C=O) groups is 1. The van der Waals surface area contributed by atoms with Gasteiger partial charge >= 0.3 is 0 Å². The van der Waals surface area contributed by atoms with E-state index in [1.807, 2.05) is 32.0 Å². The average molecular weight is 349 g/mol. The van der Waals surface area contributed by atoms with E-state index >= 15 is 0 Å². The fraction of sp³-hybridized carbons (Fsp3) is 0.611. The van der Waals surface area contributed by atoms with Gasteiger partial charge in [-0.05, 0) is 32.4 Å². The molecule has 1 rings (SSSR count). The van der Waals surface area contributed by atoms with Gasteiger partial charge in [-0.1, -0.05) is 6.07 Å². The van der Waals surface area contributed by atoms with Crippen LogP contribution in [0, 0.1) is 0 Å². The lowest BCUT2D eigenvalue weighted by atomic mass is 10.2. The first-order chi connectivity index (χ1) is 12.2. The Morgan fingerprint density at radius 1 is 1.32 bits per heavy atom. The fourth-order valence-corrected chi connectivity index (χ4v) is 2.09. The van der Waals surface area contributed by atoms with E-state index in [2.05, 4.69) is 20.6 Å². The van der Waals surface area contributed by atoms with Gasteiger partial charge in [0.15, 0.2) is 5.96 Å². The molecule has 0 saturated carbocycles. The standard InChI is InChI=1S/C18H31N5O2/c1-4-19-18(21-12-8-14-25-5-2)22-15-17(24)23(3)13-10-16-9-6-7-11-20-16/h6-7,9,11H,4-5,8,10,12-15H2,1-3H3,(H2,19,21,22). The highest BCUT2D eigenvalue weighted by atomic mass is 16.5. The van der Waals surface area contributed by atoms with Crippen molar-refractivity contribution in [2.75, 3.05) is 46.4 Å². The number of nitrogens with zero attached hydrogens (tertiary/aromatic N) is 3. The molecule has 0 aliphatic carbocycles. The maximum atomic E-state index is 12.2. The summed E-state index contributed by atoms with van der Waals surface area (Å²) in [5.41, 5.74) is 0.981. The molecule has 0 aromatic carbocycles. The Morgan fingerprint density at radius 3 is 2.84 bits per heavy atom. The van der Waals surface area contributed by atoms with Crippen LogP contribution < -0.4 is 10.6 Å². The second-order valence-corrected chi connectivity index (χ2v) is 5.56. The molecule has 0 unspecified atom stereocenters. The van der Waals surface area contributed by atoms with E-state index in [4.69, 9.17) is 4.74 Å². The molecule has 0 atom stereocenters. The van der Waals surface area contributed by atoms with Crippen LogP contribution in [-0.4, -0.2) is 68.2 Å². The number of hydrogen-bond donors (Lipinski definition) is 2. The zero-order valence-electron chi connectivity index (χ0n) is 15.6. The summed E-state index contributed by atoms with van der Waals surface area (Å²) in [7, 11) is 1.79. The zero-order chi connectivity index (χ0) is 18.3. The number of carbonyl (C=O) groups excluding carboxylic acids is 1. The topological polar surface area (TPSA) is 78.9 Å². The number of aromatic nitrogens is 1. The first kappa shape index (κ1) is 20.9. The number of nitrogens with one attached hydrogen (secondary N) is 2. The largest absolute Gasteiger partial charge is 0.382 e. The van der Waals surface area contributed by atoms with Crippen molar-refractivity contribution in [2.45, 2.75) is 26.7 Å². The van der Waals surface area contributed by atoms with Gasteiger partial charge in [0.1, 0.15) is 6.54 Å². The Labute approximate surface area is 150 Å².